The Balaban J connectivity index is 1.98. The number of nitrogens with two attached hydrogens (primary N) is 1. The topological polar surface area (TPSA) is 73.6 Å². The first kappa shape index (κ1) is 8.45. The Morgan fingerprint density at radius 1 is 1.82 bits per heavy atom. The van der Waals surface area contributed by atoms with E-state index >= 15 is 0 Å². The van der Waals surface area contributed by atoms with Gasteiger partial charge in [-0.15, -0.1) is 0 Å². The zero-order valence-corrected chi connectivity index (χ0v) is 6.21. The molecule has 1 atom stereocenters. The van der Waals surface area contributed by atoms with Gasteiger partial charge in [-0.1, -0.05) is 0 Å². The van der Waals surface area contributed by atoms with Crippen LogP contribution in [0.15, 0.2) is 0 Å². The molecule has 5 nitrogen and oxygen atoms in total. The summed E-state index contributed by atoms with van der Waals surface area (Å²) in [5.41, 5.74) is 7.53. The zero-order valence-electron chi connectivity index (χ0n) is 6.21. The largest absolute Gasteiger partial charge is 0.380 e. The molecule has 1 aliphatic heterocycles. The molecule has 5 heteroatoms. The monoisotopic (exact) mass is 160 g/mol. The second-order valence-electron chi connectivity index (χ2n) is 2.43. The number of hydrogen-bond donors (Lipinski definition) is 2. The average Bonchev–Trinajstić information content (AvgIpc) is 2.39. The van der Waals surface area contributed by atoms with Gasteiger partial charge in [0.05, 0.1) is 12.6 Å². The Morgan fingerprint density at radius 3 is 3.18 bits per heavy atom. The number of rotatable bonds is 4. The quantitative estimate of drug-likeness (QED) is 0.506. The molecule has 0 aliphatic carbocycles. The fraction of sp³-hybridized carbons (Fsp3) is 0.833. The Kier molecular flexibility index (Phi) is 3.28. The molecular formula is C6H12N2O3. The van der Waals surface area contributed by atoms with Gasteiger partial charge < -0.3 is 10.5 Å². The minimum absolute atomic E-state index is 0.0868. The molecule has 0 aromatic carbocycles. The van der Waals surface area contributed by atoms with E-state index in [4.69, 9.17) is 15.3 Å². The van der Waals surface area contributed by atoms with Gasteiger partial charge in [0.15, 0.2) is 0 Å². The molecule has 0 radical (unpaired) electrons. The maximum absolute atomic E-state index is 10.2. The molecule has 1 amide bonds. The Labute approximate surface area is 64.8 Å². The summed E-state index contributed by atoms with van der Waals surface area (Å²) >= 11 is 0. The summed E-state index contributed by atoms with van der Waals surface area (Å²) in [6.45, 7) is 1.30. The zero-order chi connectivity index (χ0) is 8.10. The van der Waals surface area contributed by atoms with Crippen molar-refractivity contribution in [2.24, 2.45) is 5.73 Å². The average molecular weight is 160 g/mol. The molecule has 11 heavy (non-hydrogen) atoms. The van der Waals surface area contributed by atoms with Crippen LogP contribution in [0.25, 0.3) is 0 Å². The number of primary amides is 1. The van der Waals surface area contributed by atoms with Crippen LogP contribution in [0.4, 0.5) is 0 Å². The highest BCUT2D eigenvalue weighted by Gasteiger charge is 2.14. The minimum Gasteiger partial charge on any atom is -0.380 e. The number of nitrogens with one attached hydrogen (secondary N) is 1. The molecule has 0 aromatic heterocycles. The maximum Gasteiger partial charge on any atom is 0.245 e. The lowest BCUT2D eigenvalue weighted by atomic mass is 10.3. The third kappa shape index (κ3) is 3.31. The van der Waals surface area contributed by atoms with Gasteiger partial charge in [0.2, 0.25) is 5.91 Å². The molecule has 1 unspecified atom stereocenters. The highest BCUT2D eigenvalue weighted by molar-refractivity contribution is 5.74. The van der Waals surface area contributed by atoms with Crippen molar-refractivity contribution in [1.29, 1.82) is 0 Å². The van der Waals surface area contributed by atoms with Gasteiger partial charge in [-0.05, 0) is 6.42 Å². The van der Waals surface area contributed by atoms with E-state index in [1.54, 1.807) is 0 Å². The number of amides is 1. The van der Waals surface area contributed by atoms with Gasteiger partial charge >= 0.3 is 0 Å². The summed E-state index contributed by atoms with van der Waals surface area (Å²) in [6, 6.07) is 0.203. The van der Waals surface area contributed by atoms with Crippen LogP contribution < -0.4 is 11.2 Å². The van der Waals surface area contributed by atoms with E-state index < -0.39 is 5.91 Å². The lowest BCUT2D eigenvalue weighted by Gasteiger charge is -2.08. The van der Waals surface area contributed by atoms with Crippen LogP contribution >= 0.6 is 0 Å². The molecule has 64 valence electrons. The van der Waals surface area contributed by atoms with Crippen LogP contribution in [0.2, 0.25) is 0 Å². The van der Waals surface area contributed by atoms with Crippen molar-refractivity contribution in [3.8, 4) is 0 Å². The maximum atomic E-state index is 10.2. The summed E-state index contributed by atoms with van der Waals surface area (Å²) in [4.78, 5) is 15.0. The second kappa shape index (κ2) is 4.27. The number of hydroxylamine groups is 1. The van der Waals surface area contributed by atoms with Crippen molar-refractivity contribution < 1.29 is 14.4 Å². The van der Waals surface area contributed by atoms with Crippen molar-refractivity contribution in [1.82, 2.24) is 5.48 Å². The van der Waals surface area contributed by atoms with E-state index in [0.29, 0.717) is 6.61 Å². The van der Waals surface area contributed by atoms with Gasteiger partial charge in [0.25, 0.3) is 0 Å². The SMILES string of the molecule is NC(=O)CONC1CCOC1. The van der Waals surface area contributed by atoms with E-state index in [1.807, 2.05) is 0 Å². The Hall–Kier alpha value is -0.650. The molecule has 1 rings (SSSR count). The minimum atomic E-state index is -0.476. The third-order valence-corrected chi connectivity index (χ3v) is 1.39. The molecule has 1 fully saturated rings. The van der Waals surface area contributed by atoms with Crippen molar-refractivity contribution >= 4 is 5.91 Å². The number of carbonyl (C=O) groups excluding carboxylic acids is 1. The molecule has 1 aliphatic rings. The molecule has 0 spiro atoms. The first-order valence-corrected chi connectivity index (χ1v) is 3.52. The summed E-state index contributed by atoms with van der Waals surface area (Å²) in [6.07, 6.45) is 0.915. The van der Waals surface area contributed by atoms with Crippen LogP contribution in [0.1, 0.15) is 6.42 Å². The molecule has 0 saturated carbocycles. The van der Waals surface area contributed by atoms with Crippen molar-refractivity contribution in [2.75, 3.05) is 19.8 Å². The van der Waals surface area contributed by atoms with Gasteiger partial charge in [-0.2, -0.15) is 5.48 Å². The van der Waals surface area contributed by atoms with Crippen LogP contribution in [0, 0.1) is 0 Å². The normalized spacial score (nSPS) is 23.8. The summed E-state index contributed by atoms with van der Waals surface area (Å²) < 4.78 is 5.06. The first-order valence-electron chi connectivity index (χ1n) is 3.52. The molecular weight excluding hydrogens is 148 g/mol. The van der Waals surface area contributed by atoms with E-state index in [9.17, 15) is 4.79 Å². The predicted molar refractivity (Wildman–Crippen MR) is 37.5 cm³/mol. The first-order chi connectivity index (χ1) is 5.29. The van der Waals surface area contributed by atoms with Crippen LogP contribution in [-0.4, -0.2) is 31.8 Å². The Bertz CT molecular complexity index is 134. The molecule has 3 N–H and O–H groups in total. The van der Waals surface area contributed by atoms with Crippen molar-refractivity contribution in [2.45, 2.75) is 12.5 Å². The van der Waals surface area contributed by atoms with Crippen molar-refractivity contribution in [3.63, 3.8) is 0 Å². The van der Waals surface area contributed by atoms with Crippen molar-refractivity contribution in [3.05, 3.63) is 0 Å². The predicted octanol–water partition coefficient (Wildman–Crippen LogP) is -1.22. The molecule has 1 heterocycles. The van der Waals surface area contributed by atoms with Crippen LogP contribution in [0.5, 0.6) is 0 Å². The fourth-order valence-electron chi connectivity index (χ4n) is 0.858. The third-order valence-electron chi connectivity index (χ3n) is 1.39. The van der Waals surface area contributed by atoms with Crippen LogP contribution in [0.3, 0.4) is 0 Å². The number of hydrogen-bond acceptors (Lipinski definition) is 4. The van der Waals surface area contributed by atoms with Gasteiger partial charge in [-0.3, -0.25) is 9.63 Å². The fourth-order valence-corrected chi connectivity index (χ4v) is 0.858. The molecule has 0 bridgehead atoms. The lowest BCUT2D eigenvalue weighted by Crippen LogP contribution is -2.33. The standard InChI is InChI=1S/C6H12N2O3/c7-6(9)4-11-8-5-1-2-10-3-5/h5,8H,1-4H2,(H2,7,9). The summed E-state index contributed by atoms with van der Waals surface area (Å²) in [5, 5.41) is 0. The number of carbonyl (C=O) groups is 1. The second-order valence-corrected chi connectivity index (χ2v) is 2.43. The van der Waals surface area contributed by atoms with E-state index in [2.05, 4.69) is 5.48 Å². The van der Waals surface area contributed by atoms with E-state index in [0.717, 1.165) is 13.0 Å². The molecule has 1 saturated heterocycles. The Morgan fingerprint density at radius 2 is 2.64 bits per heavy atom. The van der Waals surface area contributed by atoms with E-state index in [1.165, 1.54) is 0 Å². The van der Waals surface area contributed by atoms with Crippen LogP contribution in [-0.2, 0) is 14.4 Å². The highest BCUT2D eigenvalue weighted by Crippen LogP contribution is 2.02. The number of ether oxygens (including phenoxy) is 1. The van der Waals surface area contributed by atoms with Gasteiger partial charge in [0.1, 0.15) is 6.61 Å². The smallest absolute Gasteiger partial charge is 0.245 e. The summed E-state index contributed by atoms with van der Waals surface area (Å²) in [7, 11) is 0. The molecule has 0 aromatic rings. The highest BCUT2D eigenvalue weighted by atomic mass is 16.7. The van der Waals surface area contributed by atoms with Gasteiger partial charge in [-0.25, -0.2) is 0 Å². The lowest BCUT2D eigenvalue weighted by molar-refractivity contribution is -0.126. The van der Waals surface area contributed by atoms with E-state index in [-0.39, 0.29) is 12.6 Å². The van der Waals surface area contributed by atoms with Gasteiger partial charge in [0, 0.05) is 6.61 Å². The summed E-state index contributed by atoms with van der Waals surface area (Å²) in [5.74, 6) is -0.476.